The molecule has 0 aromatic heterocycles. The van der Waals surface area contributed by atoms with Crippen LogP contribution in [0.3, 0.4) is 0 Å². The third-order valence-corrected chi connectivity index (χ3v) is 3.05. The molecule has 0 spiro atoms. The summed E-state index contributed by atoms with van der Waals surface area (Å²) in [7, 11) is 0. The number of carbonyl (C=O) groups excluding carboxylic acids is 1. The molecule has 1 unspecified atom stereocenters. The lowest BCUT2D eigenvalue weighted by Crippen LogP contribution is -2.35. The van der Waals surface area contributed by atoms with Crippen LogP contribution in [0, 0.1) is 0 Å². The van der Waals surface area contributed by atoms with Gasteiger partial charge in [-0.15, -0.1) is 12.4 Å². The van der Waals surface area contributed by atoms with E-state index in [0.717, 1.165) is 6.42 Å². The molecule has 0 aliphatic heterocycles. The number of amides is 1. The van der Waals surface area contributed by atoms with E-state index in [1.165, 1.54) is 6.07 Å². The Balaban J connectivity index is 0.00000289. The fourth-order valence-corrected chi connectivity index (χ4v) is 2.14. The highest BCUT2D eigenvalue weighted by atomic mass is 79.9. The van der Waals surface area contributed by atoms with E-state index in [-0.39, 0.29) is 29.8 Å². The monoisotopic (exact) mass is 356 g/mol. The van der Waals surface area contributed by atoms with Crippen LogP contribution >= 0.6 is 39.9 Å². The van der Waals surface area contributed by atoms with Gasteiger partial charge in [-0.1, -0.05) is 24.9 Å². The lowest BCUT2D eigenvalue weighted by molar-refractivity contribution is -0.117. The number of nitrogens with two attached hydrogens (primary N) is 1. The van der Waals surface area contributed by atoms with Crippen molar-refractivity contribution in [1.82, 2.24) is 0 Å². The molecule has 1 aromatic carbocycles. The molecule has 18 heavy (non-hydrogen) atoms. The van der Waals surface area contributed by atoms with Gasteiger partial charge in [0.1, 0.15) is 0 Å². The molecule has 1 rings (SSSR count). The van der Waals surface area contributed by atoms with Crippen LogP contribution in [0.25, 0.3) is 0 Å². The van der Waals surface area contributed by atoms with Crippen molar-refractivity contribution in [2.45, 2.75) is 25.8 Å². The predicted octanol–water partition coefficient (Wildman–Crippen LogP) is 3.30. The number of halogens is 3. The van der Waals surface area contributed by atoms with E-state index in [4.69, 9.17) is 17.3 Å². The first-order valence-electron chi connectivity index (χ1n) is 5.20. The minimum atomic E-state index is -0.586. The number of phenols is 1. The van der Waals surface area contributed by atoms with Crippen molar-refractivity contribution < 1.29 is 9.90 Å². The second-order valence-electron chi connectivity index (χ2n) is 3.67. The summed E-state index contributed by atoms with van der Waals surface area (Å²) in [5, 5.41) is 12.7. The van der Waals surface area contributed by atoms with Gasteiger partial charge in [0.05, 0.1) is 16.2 Å². The number of hydrogen-bond acceptors (Lipinski definition) is 3. The predicted molar refractivity (Wildman–Crippen MR) is 79.6 cm³/mol. The van der Waals surface area contributed by atoms with Crippen LogP contribution in [0.4, 0.5) is 5.69 Å². The maximum absolute atomic E-state index is 11.7. The standard InChI is InChI=1S/C11H14BrClN2O2.ClH/c1-2-3-8(14)11(17)15-9-5-6(13)4-7(12)10(9)16;/h4-5,8,16H,2-3,14H2,1H3,(H,15,17);1H. The zero-order valence-corrected chi connectivity index (χ0v) is 12.9. The van der Waals surface area contributed by atoms with E-state index in [2.05, 4.69) is 21.2 Å². The molecule has 4 N–H and O–H groups in total. The summed E-state index contributed by atoms with van der Waals surface area (Å²) < 4.78 is 0.421. The Morgan fingerprint density at radius 3 is 2.78 bits per heavy atom. The fourth-order valence-electron chi connectivity index (χ4n) is 1.33. The van der Waals surface area contributed by atoms with Gasteiger partial charge in [0.2, 0.25) is 5.91 Å². The summed E-state index contributed by atoms with van der Waals surface area (Å²) in [5.41, 5.74) is 5.91. The van der Waals surface area contributed by atoms with Gasteiger partial charge < -0.3 is 16.2 Å². The van der Waals surface area contributed by atoms with Crippen molar-refractivity contribution in [3.8, 4) is 5.75 Å². The molecule has 1 amide bonds. The van der Waals surface area contributed by atoms with Crippen molar-refractivity contribution in [2.24, 2.45) is 5.73 Å². The number of phenolic OH excluding ortho intramolecular Hbond substituents is 1. The van der Waals surface area contributed by atoms with Crippen LogP contribution in [0.1, 0.15) is 19.8 Å². The molecule has 1 aromatic rings. The molecule has 0 fully saturated rings. The van der Waals surface area contributed by atoms with Crippen molar-refractivity contribution in [1.29, 1.82) is 0 Å². The Morgan fingerprint density at radius 1 is 1.61 bits per heavy atom. The van der Waals surface area contributed by atoms with E-state index in [1.54, 1.807) is 6.07 Å². The second kappa shape index (κ2) is 7.84. The Bertz CT molecular complexity index is 430. The fraction of sp³-hybridized carbons (Fsp3) is 0.364. The summed E-state index contributed by atoms with van der Waals surface area (Å²) in [5.74, 6) is -0.400. The third-order valence-electron chi connectivity index (χ3n) is 2.22. The van der Waals surface area contributed by atoms with Gasteiger partial charge in [-0.25, -0.2) is 0 Å². The number of rotatable bonds is 4. The topological polar surface area (TPSA) is 75.4 Å². The summed E-state index contributed by atoms with van der Waals surface area (Å²) in [6.45, 7) is 1.95. The first-order chi connectivity index (χ1) is 7.95. The number of nitrogens with one attached hydrogen (secondary N) is 1. The van der Waals surface area contributed by atoms with Gasteiger partial charge in [0.25, 0.3) is 0 Å². The van der Waals surface area contributed by atoms with Gasteiger partial charge in [-0.3, -0.25) is 4.79 Å². The van der Waals surface area contributed by atoms with Crippen LogP contribution in [-0.2, 0) is 4.79 Å². The van der Waals surface area contributed by atoms with Crippen LogP contribution in [0.15, 0.2) is 16.6 Å². The van der Waals surface area contributed by atoms with E-state index in [9.17, 15) is 9.90 Å². The van der Waals surface area contributed by atoms with Gasteiger partial charge in [-0.05, 0) is 34.5 Å². The average Bonchev–Trinajstić information content (AvgIpc) is 2.25. The van der Waals surface area contributed by atoms with E-state index >= 15 is 0 Å². The summed E-state index contributed by atoms with van der Waals surface area (Å²) in [4.78, 5) is 11.7. The van der Waals surface area contributed by atoms with Gasteiger partial charge in [0.15, 0.2) is 5.75 Å². The molecule has 0 saturated heterocycles. The van der Waals surface area contributed by atoms with Gasteiger partial charge >= 0.3 is 0 Å². The zero-order valence-electron chi connectivity index (χ0n) is 9.74. The van der Waals surface area contributed by atoms with Gasteiger partial charge in [0, 0.05) is 5.02 Å². The molecule has 0 heterocycles. The van der Waals surface area contributed by atoms with Crippen molar-refractivity contribution in [3.05, 3.63) is 21.6 Å². The minimum absolute atomic E-state index is 0. The Morgan fingerprint density at radius 2 is 2.22 bits per heavy atom. The third kappa shape index (κ3) is 4.65. The molecule has 0 aliphatic carbocycles. The number of anilines is 1. The number of hydrogen-bond donors (Lipinski definition) is 3. The smallest absolute Gasteiger partial charge is 0.241 e. The largest absolute Gasteiger partial charge is 0.505 e. The second-order valence-corrected chi connectivity index (χ2v) is 4.96. The van der Waals surface area contributed by atoms with E-state index in [1.807, 2.05) is 6.92 Å². The number of carbonyl (C=O) groups is 1. The molecular formula is C11H15BrCl2N2O2. The SMILES string of the molecule is CCCC(N)C(=O)Nc1cc(Cl)cc(Br)c1O.Cl. The zero-order chi connectivity index (χ0) is 13.0. The normalized spacial score (nSPS) is 11.6. The molecule has 1 atom stereocenters. The molecule has 7 heteroatoms. The molecular weight excluding hydrogens is 343 g/mol. The van der Waals surface area contributed by atoms with Crippen LogP contribution in [0.5, 0.6) is 5.75 Å². The molecule has 102 valence electrons. The van der Waals surface area contributed by atoms with Crippen molar-refractivity contribution >= 4 is 51.5 Å². The highest BCUT2D eigenvalue weighted by Crippen LogP contribution is 2.35. The highest BCUT2D eigenvalue weighted by Gasteiger charge is 2.15. The molecule has 0 saturated carbocycles. The minimum Gasteiger partial charge on any atom is -0.505 e. The Labute approximate surface area is 125 Å². The summed E-state index contributed by atoms with van der Waals surface area (Å²) in [6.07, 6.45) is 1.41. The quantitative estimate of drug-likeness (QED) is 0.723. The lowest BCUT2D eigenvalue weighted by atomic mass is 10.1. The number of benzene rings is 1. The maximum atomic E-state index is 11.7. The highest BCUT2D eigenvalue weighted by molar-refractivity contribution is 9.10. The summed E-state index contributed by atoms with van der Waals surface area (Å²) >= 11 is 8.96. The first kappa shape index (κ1) is 17.5. The van der Waals surface area contributed by atoms with Gasteiger partial charge in [-0.2, -0.15) is 0 Å². The molecule has 0 aliphatic rings. The van der Waals surface area contributed by atoms with E-state index in [0.29, 0.717) is 15.9 Å². The number of aromatic hydroxyl groups is 1. The van der Waals surface area contributed by atoms with Crippen LogP contribution in [0.2, 0.25) is 5.02 Å². The average molecular weight is 358 g/mol. The van der Waals surface area contributed by atoms with Crippen molar-refractivity contribution in [3.63, 3.8) is 0 Å². The van der Waals surface area contributed by atoms with Crippen LogP contribution in [-0.4, -0.2) is 17.1 Å². The molecule has 0 bridgehead atoms. The molecule has 0 radical (unpaired) electrons. The first-order valence-corrected chi connectivity index (χ1v) is 6.37. The van der Waals surface area contributed by atoms with Crippen LogP contribution < -0.4 is 11.1 Å². The lowest BCUT2D eigenvalue weighted by Gasteiger charge is -2.13. The van der Waals surface area contributed by atoms with E-state index < -0.39 is 6.04 Å². The maximum Gasteiger partial charge on any atom is 0.241 e. The Kier molecular flexibility index (Phi) is 7.62. The molecule has 4 nitrogen and oxygen atoms in total. The Hall–Kier alpha value is -0.490. The van der Waals surface area contributed by atoms with Crippen molar-refractivity contribution in [2.75, 3.05) is 5.32 Å². The summed E-state index contributed by atoms with van der Waals surface area (Å²) in [6, 6.07) is 2.42.